The Morgan fingerprint density at radius 1 is 1.00 bits per heavy atom. The van der Waals surface area contributed by atoms with Crippen molar-refractivity contribution in [2.45, 2.75) is 53.2 Å². The van der Waals surface area contributed by atoms with Gasteiger partial charge in [0.25, 0.3) is 11.7 Å². The van der Waals surface area contributed by atoms with Gasteiger partial charge >= 0.3 is 0 Å². The SMILES string of the molecule is COc1cc(C2C(=C(O)c3ccc(OC(C)C)c(C)c3)C(=O)C(=O)N2CCN2CCOCC2)ccc1OCCC(C)C. The predicted octanol–water partition coefficient (Wildman–Crippen LogP) is 4.97. The van der Waals surface area contributed by atoms with E-state index >= 15 is 0 Å². The molecule has 0 spiro atoms. The monoisotopic (exact) mass is 580 g/mol. The number of nitrogens with zero attached hydrogens (tertiary/aromatic N) is 2. The van der Waals surface area contributed by atoms with Crippen molar-refractivity contribution in [3.8, 4) is 17.2 Å². The van der Waals surface area contributed by atoms with Crippen molar-refractivity contribution in [3.63, 3.8) is 0 Å². The molecule has 1 amide bonds. The summed E-state index contributed by atoms with van der Waals surface area (Å²) in [6.07, 6.45) is 0.889. The largest absolute Gasteiger partial charge is 0.507 e. The molecule has 42 heavy (non-hydrogen) atoms. The van der Waals surface area contributed by atoms with Crippen LogP contribution in [0.3, 0.4) is 0 Å². The van der Waals surface area contributed by atoms with Crippen LogP contribution in [0.4, 0.5) is 0 Å². The lowest BCUT2D eigenvalue weighted by molar-refractivity contribution is -0.140. The van der Waals surface area contributed by atoms with Gasteiger partial charge in [-0.25, -0.2) is 0 Å². The van der Waals surface area contributed by atoms with Gasteiger partial charge in [0, 0.05) is 31.7 Å². The first-order chi connectivity index (χ1) is 20.1. The van der Waals surface area contributed by atoms with Crippen LogP contribution in [0, 0.1) is 12.8 Å². The highest BCUT2D eigenvalue weighted by atomic mass is 16.5. The van der Waals surface area contributed by atoms with E-state index in [-0.39, 0.29) is 17.4 Å². The third-order valence-corrected chi connectivity index (χ3v) is 7.57. The average molecular weight is 581 g/mol. The molecule has 9 heteroatoms. The van der Waals surface area contributed by atoms with Crippen molar-refractivity contribution in [3.05, 3.63) is 58.7 Å². The number of hydrogen-bond acceptors (Lipinski definition) is 8. The zero-order valence-corrected chi connectivity index (χ0v) is 25.6. The first-order valence-corrected chi connectivity index (χ1v) is 14.8. The molecule has 1 unspecified atom stereocenters. The Morgan fingerprint density at radius 2 is 1.71 bits per heavy atom. The van der Waals surface area contributed by atoms with Gasteiger partial charge < -0.3 is 29.0 Å². The number of likely N-dealkylation sites (tertiary alicyclic amines) is 1. The molecule has 2 fully saturated rings. The van der Waals surface area contributed by atoms with Crippen LogP contribution in [0.5, 0.6) is 17.2 Å². The number of aryl methyl sites for hydroxylation is 1. The highest BCUT2D eigenvalue weighted by molar-refractivity contribution is 6.46. The highest BCUT2D eigenvalue weighted by Crippen LogP contribution is 2.42. The molecule has 0 aromatic heterocycles. The number of Topliss-reactive ketones (excluding diaryl/α,β-unsaturated/α-hetero) is 1. The quantitative estimate of drug-likeness (QED) is 0.214. The lowest BCUT2D eigenvalue weighted by Crippen LogP contribution is -2.42. The second-order valence-electron chi connectivity index (χ2n) is 11.5. The lowest BCUT2D eigenvalue weighted by Gasteiger charge is -2.31. The van der Waals surface area contributed by atoms with Crippen LogP contribution in [0.1, 0.15) is 56.8 Å². The van der Waals surface area contributed by atoms with Crippen molar-refractivity contribution in [2.24, 2.45) is 5.92 Å². The summed E-state index contributed by atoms with van der Waals surface area (Å²) in [5, 5.41) is 11.6. The maximum absolute atomic E-state index is 13.6. The van der Waals surface area contributed by atoms with E-state index in [1.54, 1.807) is 42.3 Å². The number of methoxy groups -OCH3 is 1. The van der Waals surface area contributed by atoms with Gasteiger partial charge in [0.2, 0.25) is 0 Å². The van der Waals surface area contributed by atoms with E-state index in [0.29, 0.717) is 67.2 Å². The maximum Gasteiger partial charge on any atom is 0.295 e. The Kier molecular flexibility index (Phi) is 10.5. The van der Waals surface area contributed by atoms with Crippen molar-refractivity contribution in [2.75, 3.05) is 53.1 Å². The van der Waals surface area contributed by atoms with Gasteiger partial charge in [-0.05, 0) is 74.6 Å². The van der Waals surface area contributed by atoms with Crippen LogP contribution in [-0.2, 0) is 14.3 Å². The first-order valence-electron chi connectivity index (χ1n) is 14.8. The minimum Gasteiger partial charge on any atom is -0.507 e. The number of hydrogen-bond donors (Lipinski definition) is 1. The average Bonchev–Trinajstić information content (AvgIpc) is 3.22. The van der Waals surface area contributed by atoms with Crippen LogP contribution >= 0.6 is 0 Å². The molecule has 2 aliphatic heterocycles. The second kappa shape index (κ2) is 14.1. The van der Waals surface area contributed by atoms with Crippen molar-refractivity contribution >= 4 is 17.4 Å². The minimum atomic E-state index is -0.795. The fourth-order valence-electron chi connectivity index (χ4n) is 5.25. The smallest absolute Gasteiger partial charge is 0.295 e. The molecule has 0 bridgehead atoms. The first kappa shape index (κ1) is 31.4. The molecule has 2 heterocycles. The van der Waals surface area contributed by atoms with Gasteiger partial charge in [-0.2, -0.15) is 0 Å². The molecular formula is C33H44N2O7. The number of aliphatic hydroxyl groups excluding tert-OH is 1. The fourth-order valence-corrected chi connectivity index (χ4v) is 5.25. The Balaban J connectivity index is 1.74. The molecule has 1 atom stereocenters. The molecule has 4 rings (SSSR count). The van der Waals surface area contributed by atoms with Crippen molar-refractivity contribution < 1.29 is 33.6 Å². The summed E-state index contributed by atoms with van der Waals surface area (Å²) in [6, 6.07) is 9.91. The standard InChI is InChI=1S/C33H44N2O7/c1-21(2)11-16-41-27-10-7-24(20-28(27)39-6)30-29(31(36)25-8-9-26(23(5)19-25)42-22(3)4)32(37)33(38)35(30)13-12-34-14-17-40-18-15-34/h7-10,19-22,30,36H,11-18H2,1-6H3. The third kappa shape index (κ3) is 7.25. The number of carbonyl (C=O) groups is 2. The molecule has 0 aliphatic carbocycles. The molecular weight excluding hydrogens is 536 g/mol. The Labute approximate surface area is 249 Å². The highest BCUT2D eigenvalue weighted by Gasteiger charge is 2.46. The summed E-state index contributed by atoms with van der Waals surface area (Å²) >= 11 is 0. The number of carbonyl (C=O) groups excluding carboxylic acids is 2. The van der Waals surface area contributed by atoms with Gasteiger partial charge in [-0.1, -0.05) is 19.9 Å². The minimum absolute atomic E-state index is 0.00718. The molecule has 228 valence electrons. The van der Waals surface area contributed by atoms with Crippen molar-refractivity contribution in [1.82, 2.24) is 9.80 Å². The number of morpholine rings is 1. The van der Waals surface area contributed by atoms with Gasteiger partial charge in [0.05, 0.1) is 44.6 Å². The van der Waals surface area contributed by atoms with Gasteiger partial charge in [0.15, 0.2) is 11.5 Å². The number of amides is 1. The van der Waals surface area contributed by atoms with E-state index in [2.05, 4.69) is 18.7 Å². The topological polar surface area (TPSA) is 97.8 Å². The van der Waals surface area contributed by atoms with E-state index in [9.17, 15) is 14.7 Å². The zero-order chi connectivity index (χ0) is 30.4. The molecule has 2 saturated heterocycles. The second-order valence-corrected chi connectivity index (χ2v) is 11.5. The van der Waals surface area contributed by atoms with Crippen LogP contribution < -0.4 is 14.2 Å². The van der Waals surface area contributed by atoms with Crippen LogP contribution in [0.2, 0.25) is 0 Å². The van der Waals surface area contributed by atoms with E-state index in [1.807, 2.05) is 26.8 Å². The normalized spacial score (nSPS) is 19.1. The molecule has 0 saturated carbocycles. The molecule has 1 N–H and O–H groups in total. The third-order valence-electron chi connectivity index (χ3n) is 7.57. The number of ketones is 1. The van der Waals surface area contributed by atoms with Crippen LogP contribution in [0.25, 0.3) is 5.76 Å². The molecule has 0 radical (unpaired) electrons. The van der Waals surface area contributed by atoms with E-state index in [0.717, 1.165) is 25.1 Å². The van der Waals surface area contributed by atoms with E-state index in [4.69, 9.17) is 18.9 Å². The lowest BCUT2D eigenvalue weighted by atomic mass is 9.94. The van der Waals surface area contributed by atoms with Crippen LogP contribution in [-0.4, -0.2) is 85.8 Å². The molecule has 2 aromatic rings. The summed E-state index contributed by atoms with van der Waals surface area (Å²) in [4.78, 5) is 30.8. The van der Waals surface area contributed by atoms with Gasteiger partial charge in [-0.3, -0.25) is 14.5 Å². The summed E-state index contributed by atoms with van der Waals surface area (Å²) < 4.78 is 23.0. The number of benzene rings is 2. The Bertz CT molecular complexity index is 1300. The molecule has 2 aromatic carbocycles. The Hall–Kier alpha value is -3.56. The number of aliphatic hydroxyl groups is 1. The summed E-state index contributed by atoms with van der Waals surface area (Å²) in [5.74, 6) is 0.712. The number of ether oxygens (including phenoxy) is 4. The summed E-state index contributed by atoms with van der Waals surface area (Å²) in [6.45, 7) is 14.3. The van der Waals surface area contributed by atoms with Crippen LogP contribution in [0.15, 0.2) is 42.0 Å². The molecule has 2 aliphatic rings. The van der Waals surface area contributed by atoms with E-state index < -0.39 is 17.7 Å². The number of rotatable bonds is 12. The Morgan fingerprint density at radius 3 is 2.36 bits per heavy atom. The van der Waals surface area contributed by atoms with Crippen molar-refractivity contribution in [1.29, 1.82) is 0 Å². The fraction of sp³-hybridized carbons (Fsp3) is 0.515. The predicted molar refractivity (Wildman–Crippen MR) is 161 cm³/mol. The molecule has 9 nitrogen and oxygen atoms in total. The van der Waals surface area contributed by atoms with E-state index in [1.165, 1.54) is 0 Å². The zero-order valence-electron chi connectivity index (χ0n) is 25.6. The summed E-state index contributed by atoms with van der Waals surface area (Å²) in [7, 11) is 1.56. The summed E-state index contributed by atoms with van der Waals surface area (Å²) in [5.41, 5.74) is 1.97. The van der Waals surface area contributed by atoms with Gasteiger partial charge in [0.1, 0.15) is 11.5 Å². The maximum atomic E-state index is 13.6. The van der Waals surface area contributed by atoms with Gasteiger partial charge in [-0.15, -0.1) is 0 Å².